The predicted molar refractivity (Wildman–Crippen MR) is 176 cm³/mol. The molecule has 0 aliphatic heterocycles. The molecule has 0 atom stereocenters. The zero-order valence-corrected chi connectivity index (χ0v) is 26.6. The minimum atomic E-state index is -1.20. The normalized spacial score (nSPS) is 16.1. The van der Waals surface area contributed by atoms with E-state index in [2.05, 4.69) is 31.2 Å². The van der Waals surface area contributed by atoms with Crippen molar-refractivity contribution in [2.24, 2.45) is 5.92 Å². The average Bonchev–Trinajstić information content (AvgIpc) is 3.05. The molecule has 4 aromatic rings. The molecule has 0 aromatic heterocycles. The first-order chi connectivity index (χ1) is 22.7. The molecule has 0 bridgehead atoms. The summed E-state index contributed by atoms with van der Waals surface area (Å²) in [5.41, 5.74) is 1.66. The van der Waals surface area contributed by atoms with Crippen molar-refractivity contribution in [2.75, 3.05) is 0 Å². The monoisotopic (exact) mass is 641 g/mol. The molecule has 3 nitrogen and oxygen atoms in total. The van der Waals surface area contributed by atoms with Gasteiger partial charge >= 0.3 is 5.97 Å². The van der Waals surface area contributed by atoms with Gasteiger partial charge in [-0.25, -0.2) is 17.6 Å². The maximum atomic E-state index is 14.9. The zero-order valence-electron chi connectivity index (χ0n) is 26.6. The third kappa shape index (κ3) is 8.68. The van der Waals surface area contributed by atoms with Gasteiger partial charge in [0.25, 0.3) is 0 Å². The van der Waals surface area contributed by atoms with E-state index < -0.39 is 34.4 Å². The minimum Gasteiger partial charge on any atom is -0.427 e. The molecule has 4 aromatic carbocycles. The lowest BCUT2D eigenvalue weighted by Crippen LogP contribution is -2.13. The topological polar surface area (TPSA) is 50.1 Å². The Bertz CT molecular complexity index is 1670. The highest BCUT2D eigenvalue weighted by molar-refractivity contribution is 5.74. The van der Waals surface area contributed by atoms with Crippen LogP contribution >= 0.6 is 0 Å². The molecule has 0 spiro atoms. The fourth-order valence-corrected chi connectivity index (χ4v) is 6.66. The Hall–Kier alpha value is -4.44. The van der Waals surface area contributed by atoms with E-state index in [-0.39, 0.29) is 23.5 Å². The second kappa shape index (κ2) is 15.9. The highest BCUT2D eigenvalue weighted by Crippen LogP contribution is 2.38. The van der Waals surface area contributed by atoms with E-state index >= 15 is 0 Å². The molecule has 7 heteroatoms. The van der Waals surface area contributed by atoms with Crippen LogP contribution in [0.2, 0.25) is 0 Å². The second-order valence-electron chi connectivity index (χ2n) is 12.5. The molecule has 1 aliphatic carbocycles. The summed E-state index contributed by atoms with van der Waals surface area (Å²) in [5.74, 6) is -2.86. The van der Waals surface area contributed by atoms with E-state index in [1.807, 2.05) is 0 Å². The van der Waals surface area contributed by atoms with Gasteiger partial charge in [0.15, 0.2) is 0 Å². The van der Waals surface area contributed by atoms with Gasteiger partial charge in [0, 0.05) is 6.42 Å². The van der Waals surface area contributed by atoms with Crippen LogP contribution in [-0.2, 0) is 11.2 Å². The Morgan fingerprint density at radius 3 is 1.98 bits per heavy atom. The van der Waals surface area contributed by atoms with Crippen molar-refractivity contribution < 1.29 is 27.1 Å². The molecule has 0 N–H and O–H groups in total. The van der Waals surface area contributed by atoms with Gasteiger partial charge in [0.05, 0.1) is 5.56 Å². The van der Waals surface area contributed by atoms with Gasteiger partial charge in [0.1, 0.15) is 40.7 Å². The van der Waals surface area contributed by atoms with Crippen molar-refractivity contribution in [3.8, 4) is 34.1 Å². The molecule has 47 heavy (non-hydrogen) atoms. The van der Waals surface area contributed by atoms with E-state index in [0.717, 1.165) is 49.4 Å². The number of ether oxygens (including phenoxy) is 1. The summed E-state index contributed by atoms with van der Waals surface area (Å²) in [4.78, 5) is 12.4. The van der Waals surface area contributed by atoms with Crippen LogP contribution in [0.25, 0.3) is 22.3 Å². The van der Waals surface area contributed by atoms with Crippen LogP contribution in [0.3, 0.4) is 0 Å². The van der Waals surface area contributed by atoms with Gasteiger partial charge in [0.2, 0.25) is 0 Å². The number of hydrogen-bond acceptors (Lipinski definition) is 3. The Morgan fingerprint density at radius 1 is 0.766 bits per heavy atom. The Kier molecular flexibility index (Phi) is 11.5. The molecular formula is C40H39F4NO2. The number of halogens is 4. The number of carbonyl (C=O) groups excluding carboxylic acids is 1. The van der Waals surface area contributed by atoms with Crippen molar-refractivity contribution in [3.63, 3.8) is 0 Å². The zero-order chi connectivity index (χ0) is 33.3. The first-order valence-electron chi connectivity index (χ1n) is 16.5. The third-order valence-electron chi connectivity index (χ3n) is 9.25. The summed E-state index contributed by atoms with van der Waals surface area (Å²) >= 11 is 0. The fourth-order valence-electron chi connectivity index (χ4n) is 6.66. The number of esters is 1. The van der Waals surface area contributed by atoms with Crippen LogP contribution in [0, 0.1) is 40.5 Å². The van der Waals surface area contributed by atoms with Crippen molar-refractivity contribution >= 4 is 5.97 Å². The number of hydrogen-bond donors (Lipinski definition) is 0. The largest absolute Gasteiger partial charge is 0.427 e. The lowest BCUT2D eigenvalue weighted by Gasteiger charge is -2.28. The minimum absolute atomic E-state index is 0.195. The number of benzene rings is 4. The molecule has 244 valence electrons. The molecule has 0 heterocycles. The van der Waals surface area contributed by atoms with E-state index in [0.29, 0.717) is 23.7 Å². The quantitative estimate of drug-likeness (QED) is 0.0669. The molecule has 5 rings (SSSR count). The number of rotatable bonds is 12. The summed E-state index contributed by atoms with van der Waals surface area (Å²) in [5, 5.41) is 8.84. The lowest BCUT2D eigenvalue weighted by atomic mass is 9.77. The molecule has 1 fully saturated rings. The Morgan fingerprint density at radius 2 is 1.38 bits per heavy atom. The highest BCUT2D eigenvalue weighted by atomic mass is 19.1. The Labute approximate surface area is 274 Å². The highest BCUT2D eigenvalue weighted by Gasteiger charge is 2.22. The maximum absolute atomic E-state index is 14.9. The second-order valence-corrected chi connectivity index (χ2v) is 12.5. The summed E-state index contributed by atoms with van der Waals surface area (Å²) in [7, 11) is 0. The van der Waals surface area contributed by atoms with E-state index in [1.54, 1.807) is 24.3 Å². The lowest BCUT2D eigenvalue weighted by molar-refractivity contribution is -0.134. The van der Waals surface area contributed by atoms with Crippen LogP contribution in [0.5, 0.6) is 5.75 Å². The van der Waals surface area contributed by atoms with Crippen LogP contribution < -0.4 is 4.74 Å². The van der Waals surface area contributed by atoms with Crippen molar-refractivity contribution in [1.82, 2.24) is 0 Å². The number of unbranched alkanes of at least 4 members (excludes halogenated alkanes) is 2. The van der Waals surface area contributed by atoms with Gasteiger partial charge in [-0.05, 0) is 121 Å². The van der Waals surface area contributed by atoms with Gasteiger partial charge < -0.3 is 4.74 Å². The first kappa shape index (κ1) is 33.9. The van der Waals surface area contributed by atoms with Gasteiger partial charge in [-0.2, -0.15) is 5.26 Å². The van der Waals surface area contributed by atoms with Crippen LogP contribution in [0.4, 0.5) is 17.6 Å². The van der Waals surface area contributed by atoms with E-state index in [9.17, 15) is 22.4 Å². The molecule has 0 saturated heterocycles. The van der Waals surface area contributed by atoms with Crippen molar-refractivity contribution in [3.05, 3.63) is 113 Å². The fraction of sp³-hybridized carbons (Fsp3) is 0.350. The molecular weight excluding hydrogens is 602 g/mol. The molecule has 1 aliphatic rings. The molecule has 0 radical (unpaired) electrons. The number of aryl methyl sites for hydroxylation is 1. The number of nitrogens with zero attached hydrogens (tertiary/aromatic N) is 1. The van der Waals surface area contributed by atoms with Crippen molar-refractivity contribution in [2.45, 2.75) is 83.5 Å². The molecule has 0 unspecified atom stereocenters. The smallest absolute Gasteiger partial charge is 0.311 e. The Balaban J connectivity index is 1.06. The van der Waals surface area contributed by atoms with Crippen LogP contribution in [0.1, 0.15) is 93.7 Å². The summed E-state index contributed by atoms with van der Waals surface area (Å²) in [6, 6.07) is 20.3. The summed E-state index contributed by atoms with van der Waals surface area (Å²) in [6.45, 7) is 2.28. The summed E-state index contributed by atoms with van der Waals surface area (Å²) < 4.78 is 63.4. The van der Waals surface area contributed by atoms with Crippen LogP contribution in [-0.4, -0.2) is 5.97 Å². The maximum Gasteiger partial charge on any atom is 0.311 e. The van der Waals surface area contributed by atoms with Crippen LogP contribution in [0.15, 0.2) is 72.8 Å². The van der Waals surface area contributed by atoms with Gasteiger partial charge in [-0.3, -0.25) is 4.79 Å². The number of nitriles is 1. The summed E-state index contributed by atoms with van der Waals surface area (Å²) in [6.07, 6.45) is 11.8. The van der Waals surface area contributed by atoms with Gasteiger partial charge in [-0.15, -0.1) is 0 Å². The predicted octanol–water partition coefficient (Wildman–Crippen LogP) is 11.2. The molecule has 1 saturated carbocycles. The standard InChI is InChI=1S/C40H39F4NO2/c1-2-6-26-9-13-28(14-10-26)29-15-11-27(12-16-29)7-4-3-5-8-39(46)47-33-19-17-30(18-20-33)31-21-37(43)40(38(44)22-31)32-23-35(41)34(25-45)36(42)24-32/h11-12,15-24,26,28H,2-10,13-14H2,1H3. The SMILES string of the molecule is CCCC1CCC(c2ccc(CCCCCC(=O)Oc3ccc(-c4cc(F)c(-c5cc(F)c(C#N)c(F)c5)c(F)c4)cc3)cc2)CC1. The number of carbonyl (C=O) groups is 1. The van der Waals surface area contributed by atoms with E-state index in [4.69, 9.17) is 10.00 Å². The van der Waals surface area contributed by atoms with Crippen molar-refractivity contribution in [1.29, 1.82) is 5.26 Å². The third-order valence-corrected chi connectivity index (χ3v) is 9.25. The molecule has 0 amide bonds. The van der Waals surface area contributed by atoms with E-state index in [1.165, 1.54) is 55.7 Å². The average molecular weight is 642 g/mol. The first-order valence-corrected chi connectivity index (χ1v) is 16.5. The van der Waals surface area contributed by atoms with Gasteiger partial charge in [-0.1, -0.05) is 62.6 Å².